The second-order valence-electron chi connectivity index (χ2n) is 4.72. The molecule has 0 aromatic rings. The Morgan fingerprint density at radius 1 is 1.41 bits per heavy atom. The predicted octanol–water partition coefficient (Wildman–Crippen LogP) is 0.533. The molecule has 0 aromatic heterocycles. The van der Waals surface area contributed by atoms with Gasteiger partial charge in [-0.1, -0.05) is 6.08 Å². The van der Waals surface area contributed by atoms with Gasteiger partial charge in [-0.2, -0.15) is 0 Å². The SMILES string of the molecule is C=CCN(C(=O)N[C@H]1CCS(=O)(=O)C1)C1CC1. The molecular formula is C11H18N2O3S. The van der Waals surface area contributed by atoms with Crippen LogP contribution in [-0.2, 0) is 9.84 Å². The molecule has 1 N–H and O–H groups in total. The molecule has 0 spiro atoms. The summed E-state index contributed by atoms with van der Waals surface area (Å²) >= 11 is 0. The van der Waals surface area contributed by atoms with E-state index >= 15 is 0 Å². The third-order valence-corrected chi connectivity index (χ3v) is 4.90. The quantitative estimate of drug-likeness (QED) is 0.748. The normalized spacial score (nSPS) is 26.5. The van der Waals surface area contributed by atoms with E-state index in [1.165, 1.54) is 0 Å². The molecule has 6 heteroatoms. The molecule has 0 bridgehead atoms. The largest absolute Gasteiger partial charge is 0.334 e. The van der Waals surface area contributed by atoms with Gasteiger partial charge in [-0.25, -0.2) is 13.2 Å². The fourth-order valence-corrected chi connectivity index (χ4v) is 3.76. The first-order valence-electron chi connectivity index (χ1n) is 5.90. The summed E-state index contributed by atoms with van der Waals surface area (Å²) in [6, 6.07) is -0.0703. The fourth-order valence-electron chi connectivity index (χ4n) is 2.09. The van der Waals surface area contributed by atoms with Gasteiger partial charge in [-0.15, -0.1) is 6.58 Å². The van der Waals surface area contributed by atoms with Gasteiger partial charge in [0.25, 0.3) is 0 Å². The van der Waals surface area contributed by atoms with Gasteiger partial charge in [0.1, 0.15) is 0 Å². The van der Waals surface area contributed by atoms with Gasteiger partial charge >= 0.3 is 6.03 Å². The zero-order chi connectivity index (χ0) is 12.5. The summed E-state index contributed by atoms with van der Waals surface area (Å²) in [5.74, 6) is 0.258. The molecule has 17 heavy (non-hydrogen) atoms. The maximum atomic E-state index is 12.0. The Labute approximate surface area is 102 Å². The van der Waals surface area contributed by atoms with E-state index in [1.54, 1.807) is 11.0 Å². The summed E-state index contributed by atoms with van der Waals surface area (Å²) in [5.41, 5.74) is 0. The van der Waals surface area contributed by atoms with Crippen LogP contribution < -0.4 is 5.32 Å². The monoisotopic (exact) mass is 258 g/mol. The number of carbonyl (C=O) groups is 1. The summed E-state index contributed by atoms with van der Waals surface area (Å²) in [7, 11) is -2.94. The molecule has 1 saturated carbocycles. The molecule has 1 aliphatic heterocycles. The minimum absolute atomic E-state index is 0.0747. The van der Waals surface area contributed by atoms with Crippen LogP contribution in [0.15, 0.2) is 12.7 Å². The second kappa shape index (κ2) is 4.68. The van der Waals surface area contributed by atoms with Gasteiger partial charge in [-0.3, -0.25) is 0 Å². The van der Waals surface area contributed by atoms with Crippen LogP contribution in [0, 0.1) is 0 Å². The van der Waals surface area contributed by atoms with Crippen LogP contribution in [-0.4, -0.2) is 49.5 Å². The van der Waals surface area contributed by atoms with Crippen LogP contribution in [0.4, 0.5) is 4.79 Å². The van der Waals surface area contributed by atoms with Crippen molar-refractivity contribution >= 4 is 15.9 Å². The van der Waals surface area contributed by atoms with E-state index < -0.39 is 9.84 Å². The van der Waals surface area contributed by atoms with Gasteiger partial charge < -0.3 is 10.2 Å². The van der Waals surface area contributed by atoms with E-state index in [4.69, 9.17) is 0 Å². The maximum Gasteiger partial charge on any atom is 0.318 e. The van der Waals surface area contributed by atoms with E-state index in [1.807, 2.05) is 0 Å². The minimum Gasteiger partial charge on any atom is -0.334 e. The number of sulfone groups is 1. The van der Waals surface area contributed by atoms with Crippen LogP contribution >= 0.6 is 0 Å². The lowest BCUT2D eigenvalue weighted by molar-refractivity contribution is 0.197. The first-order valence-corrected chi connectivity index (χ1v) is 7.72. The molecule has 5 nitrogen and oxygen atoms in total. The molecular weight excluding hydrogens is 240 g/mol. The zero-order valence-corrected chi connectivity index (χ0v) is 10.6. The number of amides is 2. The molecule has 1 aliphatic carbocycles. The number of nitrogens with one attached hydrogen (secondary N) is 1. The highest BCUT2D eigenvalue weighted by Gasteiger charge is 2.34. The predicted molar refractivity (Wildman–Crippen MR) is 65.5 cm³/mol. The maximum absolute atomic E-state index is 12.0. The molecule has 2 fully saturated rings. The fraction of sp³-hybridized carbons (Fsp3) is 0.727. The van der Waals surface area contributed by atoms with Crippen molar-refractivity contribution in [3.8, 4) is 0 Å². The van der Waals surface area contributed by atoms with Crippen LogP contribution in [0.1, 0.15) is 19.3 Å². The third-order valence-electron chi connectivity index (χ3n) is 3.13. The molecule has 0 unspecified atom stereocenters. The topological polar surface area (TPSA) is 66.5 Å². The van der Waals surface area contributed by atoms with Crippen LogP contribution in [0.3, 0.4) is 0 Å². The summed E-state index contributed by atoms with van der Waals surface area (Å²) in [5, 5.41) is 2.80. The standard InChI is InChI=1S/C11H18N2O3S/c1-2-6-13(10-3-4-10)11(14)12-9-5-7-17(15,16)8-9/h2,9-10H,1,3-8H2,(H,12,14)/t9-/m0/s1. The van der Waals surface area contributed by atoms with Crippen LogP contribution in [0.2, 0.25) is 0 Å². The first kappa shape index (κ1) is 12.4. The minimum atomic E-state index is -2.94. The van der Waals surface area contributed by atoms with E-state index in [2.05, 4.69) is 11.9 Å². The van der Waals surface area contributed by atoms with Gasteiger partial charge in [0.15, 0.2) is 9.84 Å². The molecule has 0 aromatic carbocycles. The third kappa shape index (κ3) is 3.21. The molecule has 1 heterocycles. The van der Waals surface area contributed by atoms with Gasteiger partial charge in [0.05, 0.1) is 11.5 Å². The Morgan fingerprint density at radius 3 is 2.59 bits per heavy atom. The molecule has 2 aliphatic rings. The molecule has 96 valence electrons. The van der Waals surface area contributed by atoms with Crippen molar-refractivity contribution in [3.63, 3.8) is 0 Å². The van der Waals surface area contributed by atoms with Gasteiger partial charge in [0.2, 0.25) is 0 Å². The number of hydrogen-bond donors (Lipinski definition) is 1. The number of nitrogens with zero attached hydrogens (tertiary/aromatic N) is 1. The Hall–Kier alpha value is -1.04. The Bertz CT molecular complexity index is 414. The molecule has 1 saturated heterocycles. The highest BCUT2D eigenvalue weighted by atomic mass is 32.2. The number of urea groups is 1. The average molecular weight is 258 g/mol. The second-order valence-corrected chi connectivity index (χ2v) is 6.95. The molecule has 0 radical (unpaired) electrons. The summed E-state index contributed by atoms with van der Waals surface area (Å²) in [6.07, 6.45) is 4.29. The Morgan fingerprint density at radius 2 is 2.12 bits per heavy atom. The van der Waals surface area contributed by atoms with Crippen molar-refractivity contribution in [2.24, 2.45) is 0 Å². The number of carbonyl (C=O) groups excluding carboxylic acids is 1. The van der Waals surface area contributed by atoms with Crippen molar-refractivity contribution in [2.45, 2.75) is 31.3 Å². The van der Waals surface area contributed by atoms with Gasteiger partial charge in [-0.05, 0) is 19.3 Å². The summed E-state index contributed by atoms with van der Waals surface area (Å²) < 4.78 is 22.6. The van der Waals surface area contributed by atoms with Crippen molar-refractivity contribution in [1.29, 1.82) is 0 Å². The van der Waals surface area contributed by atoms with Crippen molar-refractivity contribution in [3.05, 3.63) is 12.7 Å². The van der Waals surface area contributed by atoms with Crippen molar-refractivity contribution in [2.75, 3.05) is 18.1 Å². The highest BCUT2D eigenvalue weighted by molar-refractivity contribution is 7.91. The molecule has 1 atom stereocenters. The zero-order valence-electron chi connectivity index (χ0n) is 9.76. The lowest BCUT2D eigenvalue weighted by Crippen LogP contribution is -2.46. The van der Waals surface area contributed by atoms with Crippen molar-refractivity contribution < 1.29 is 13.2 Å². The molecule has 2 amide bonds. The molecule has 2 rings (SSSR count). The first-order chi connectivity index (χ1) is 8.02. The van der Waals surface area contributed by atoms with E-state index in [0.29, 0.717) is 19.0 Å². The smallest absolute Gasteiger partial charge is 0.318 e. The lowest BCUT2D eigenvalue weighted by Gasteiger charge is -2.23. The van der Waals surface area contributed by atoms with E-state index in [-0.39, 0.29) is 23.6 Å². The van der Waals surface area contributed by atoms with Crippen molar-refractivity contribution in [1.82, 2.24) is 10.2 Å². The van der Waals surface area contributed by atoms with E-state index in [9.17, 15) is 13.2 Å². The number of rotatable bonds is 4. The Kier molecular flexibility index (Phi) is 3.42. The summed E-state index contributed by atoms with van der Waals surface area (Å²) in [6.45, 7) is 4.15. The van der Waals surface area contributed by atoms with Crippen LogP contribution in [0.25, 0.3) is 0 Å². The summed E-state index contributed by atoms with van der Waals surface area (Å²) in [4.78, 5) is 13.7. The van der Waals surface area contributed by atoms with Gasteiger partial charge in [0, 0.05) is 18.6 Å². The average Bonchev–Trinajstić information content (AvgIpc) is 3.01. The Balaban J connectivity index is 1.89. The van der Waals surface area contributed by atoms with Crippen LogP contribution in [0.5, 0.6) is 0 Å². The lowest BCUT2D eigenvalue weighted by atomic mass is 10.3. The van der Waals surface area contributed by atoms with E-state index in [0.717, 1.165) is 12.8 Å². The number of hydrogen-bond acceptors (Lipinski definition) is 3. The highest BCUT2D eigenvalue weighted by Crippen LogP contribution is 2.26.